The molecule has 2 aromatic rings. The topological polar surface area (TPSA) is 112 Å². The van der Waals surface area contributed by atoms with Crippen LogP contribution in [0, 0.1) is 18.7 Å². The van der Waals surface area contributed by atoms with Crippen LogP contribution < -0.4 is 11.1 Å². The summed E-state index contributed by atoms with van der Waals surface area (Å²) in [7, 11) is 0. The summed E-state index contributed by atoms with van der Waals surface area (Å²) in [6.07, 6.45) is 1.21. The highest BCUT2D eigenvalue weighted by Crippen LogP contribution is 2.49. The molecule has 2 aliphatic heterocycles. The number of nitrogens with two attached hydrogens (primary N) is 1. The minimum atomic E-state index is -3.20. The first kappa shape index (κ1) is 21.0. The molecular formula is C20H20F3N5O3. The van der Waals surface area contributed by atoms with Gasteiger partial charge in [-0.25, -0.2) is 23.1 Å². The number of aryl methyl sites for hydroxylation is 1. The third kappa shape index (κ3) is 3.80. The number of anilines is 1. The fourth-order valence-corrected chi connectivity index (χ4v) is 3.91. The smallest absolute Gasteiger partial charge is 0.282 e. The molecule has 0 saturated carbocycles. The number of fused-ring (bicyclic) bond motifs is 1. The predicted octanol–water partition coefficient (Wildman–Crippen LogP) is 2.39. The Morgan fingerprint density at radius 3 is 2.77 bits per heavy atom. The highest BCUT2D eigenvalue weighted by molar-refractivity contribution is 6.02. The van der Waals surface area contributed by atoms with Crippen LogP contribution in [-0.4, -0.2) is 47.1 Å². The number of hydrogen-bond acceptors (Lipinski definition) is 7. The number of ether oxygens (including phenoxy) is 2. The van der Waals surface area contributed by atoms with E-state index < -0.39 is 35.2 Å². The Morgan fingerprint density at radius 2 is 2.10 bits per heavy atom. The molecule has 4 rings (SSSR count). The predicted molar refractivity (Wildman–Crippen MR) is 104 cm³/mol. The van der Waals surface area contributed by atoms with Crippen LogP contribution in [0.1, 0.15) is 28.7 Å². The third-order valence-electron chi connectivity index (χ3n) is 5.39. The fourth-order valence-electron chi connectivity index (χ4n) is 3.91. The standard InChI is InChI=1S/C20H20F3N5O3/c1-10-6-26-15(7-25-10)17(29)27-11-3-4-14(21)12(5-11)20-9-31-16(19(2,22)23)13(20)8-30-18(24)28-20/h3-7,13,16H,8-9H2,1-2H3,(H2,24,28)(H,27,29)/t13?,16-,20+/m0/s1. The molecule has 3 atom stereocenters. The zero-order valence-corrected chi connectivity index (χ0v) is 16.7. The van der Waals surface area contributed by atoms with Crippen molar-refractivity contribution in [2.75, 3.05) is 18.5 Å². The van der Waals surface area contributed by atoms with E-state index >= 15 is 0 Å². The van der Waals surface area contributed by atoms with E-state index in [9.17, 15) is 18.0 Å². The third-order valence-corrected chi connectivity index (χ3v) is 5.39. The van der Waals surface area contributed by atoms with E-state index in [0.717, 1.165) is 13.0 Å². The van der Waals surface area contributed by atoms with Crippen LogP contribution in [-0.2, 0) is 15.0 Å². The summed E-state index contributed by atoms with van der Waals surface area (Å²) in [4.78, 5) is 24.7. The van der Waals surface area contributed by atoms with E-state index in [-0.39, 0.29) is 36.2 Å². The second kappa shape index (κ2) is 7.49. The van der Waals surface area contributed by atoms with Crippen molar-refractivity contribution in [1.82, 2.24) is 9.97 Å². The number of benzene rings is 1. The van der Waals surface area contributed by atoms with Crippen molar-refractivity contribution < 1.29 is 27.4 Å². The van der Waals surface area contributed by atoms with Gasteiger partial charge in [0.25, 0.3) is 17.9 Å². The molecule has 31 heavy (non-hydrogen) atoms. The van der Waals surface area contributed by atoms with Crippen LogP contribution in [0.15, 0.2) is 35.6 Å². The summed E-state index contributed by atoms with van der Waals surface area (Å²) >= 11 is 0. The molecule has 3 N–H and O–H groups in total. The minimum absolute atomic E-state index is 0.0247. The molecule has 2 aliphatic rings. The van der Waals surface area contributed by atoms with Crippen molar-refractivity contribution in [1.29, 1.82) is 0 Å². The number of alkyl halides is 2. The van der Waals surface area contributed by atoms with E-state index in [1.807, 2.05) is 0 Å². The van der Waals surface area contributed by atoms with Crippen molar-refractivity contribution in [3.05, 3.63) is 53.4 Å². The van der Waals surface area contributed by atoms with Gasteiger partial charge in [-0.3, -0.25) is 9.78 Å². The average Bonchev–Trinajstić information content (AvgIpc) is 3.09. The molecule has 1 unspecified atom stereocenters. The first-order valence-electron chi connectivity index (χ1n) is 9.48. The van der Waals surface area contributed by atoms with E-state index in [4.69, 9.17) is 15.2 Å². The van der Waals surface area contributed by atoms with Crippen LogP contribution in [0.3, 0.4) is 0 Å². The van der Waals surface area contributed by atoms with Gasteiger partial charge < -0.3 is 20.5 Å². The van der Waals surface area contributed by atoms with Crippen molar-refractivity contribution >= 4 is 17.6 Å². The molecule has 164 valence electrons. The highest BCUT2D eigenvalue weighted by Gasteiger charge is 2.60. The zero-order chi connectivity index (χ0) is 22.4. The molecule has 1 fully saturated rings. The molecule has 1 saturated heterocycles. The maximum Gasteiger partial charge on any atom is 0.282 e. The summed E-state index contributed by atoms with van der Waals surface area (Å²) in [5, 5.41) is 2.61. The summed E-state index contributed by atoms with van der Waals surface area (Å²) in [6, 6.07) is 3.56. The second-order valence-corrected chi connectivity index (χ2v) is 7.67. The minimum Gasteiger partial charge on any atom is -0.465 e. The largest absolute Gasteiger partial charge is 0.465 e. The van der Waals surface area contributed by atoms with Crippen LogP contribution in [0.25, 0.3) is 0 Å². The van der Waals surface area contributed by atoms with Crippen LogP contribution >= 0.6 is 0 Å². The van der Waals surface area contributed by atoms with Crippen LogP contribution in [0.5, 0.6) is 0 Å². The van der Waals surface area contributed by atoms with Gasteiger partial charge in [-0.1, -0.05) is 0 Å². The van der Waals surface area contributed by atoms with E-state index in [1.54, 1.807) is 6.92 Å². The van der Waals surface area contributed by atoms with Gasteiger partial charge in [0.15, 0.2) is 0 Å². The lowest BCUT2D eigenvalue weighted by Gasteiger charge is -2.37. The van der Waals surface area contributed by atoms with Gasteiger partial charge in [0.05, 0.1) is 31.0 Å². The molecule has 3 heterocycles. The molecule has 0 spiro atoms. The highest BCUT2D eigenvalue weighted by atomic mass is 19.3. The van der Waals surface area contributed by atoms with Crippen molar-refractivity contribution in [3.63, 3.8) is 0 Å². The number of hydrogen-bond donors (Lipinski definition) is 2. The monoisotopic (exact) mass is 435 g/mol. The molecule has 0 radical (unpaired) electrons. The maximum absolute atomic E-state index is 14.9. The van der Waals surface area contributed by atoms with Gasteiger partial charge >= 0.3 is 0 Å². The van der Waals surface area contributed by atoms with E-state index in [0.29, 0.717) is 5.69 Å². The van der Waals surface area contributed by atoms with Crippen molar-refractivity contribution in [2.45, 2.75) is 31.4 Å². The number of aliphatic imine (C=N–C) groups is 1. The fraction of sp³-hybridized carbons (Fsp3) is 0.400. The van der Waals surface area contributed by atoms with Gasteiger partial charge in [0.2, 0.25) is 0 Å². The van der Waals surface area contributed by atoms with Gasteiger partial charge in [-0.15, -0.1) is 0 Å². The molecule has 11 heteroatoms. The van der Waals surface area contributed by atoms with Crippen LogP contribution in [0.4, 0.5) is 18.9 Å². The summed E-state index contributed by atoms with van der Waals surface area (Å²) in [5.41, 5.74) is 5.10. The summed E-state index contributed by atoms with van der Waals surface area (Å²) < 4.78 is 53.7. The first-order chi connectivity index (χ1) is 14.6. The lowest BCUT2D eigenvalue weighted by molar-refractivity contribution is -0.121. The quantitative estimate of drug-likeness (QED) is 0.763. The van der Waals surface area contributed by atoms with E-state index in [2.05, 4.69) is 20.3 Å². The molecule has 0 bridgehead atoms. The van der Waals surface area contributed by atoms with Gasteiger partial charge in [0, 0.05) is 24.4 Å². The second-order valence-electron chi connectivity index (χ2n) is 7.67. The van der Waals surface area contributed by atoms with Crippen LogP contribution in [0.2, 0.25) is 0 Å². The Bertz CT molecular complexity index is 1040. The summed E-state index contributed by atoms with van der Waals surface area (Å²) in [6.45, 7) is 1.94. The van der Waals surface area contributed by atoms with E-state index in [1.165, 1.54) is 24.5 Å². The Hall–Kier alpha value is -3.21. The summed E-state index contributed by atoms with van der Waals surface area (Å²) in [5.74, 6) is -5.44. The van der Waals surface area contributed by atoms with Crippen molar-refractivity contribution in [2.24, 2.45) is 16.6 Å². The normalized spacial score (nSPS) is 25.4. The number of rotatable bonds is 4. The number of aromatic nitrogens is 2. The maximum atomic E-state index is 14.9. The molecule has 1 aromatic heterocycles. The molecule has 1 amide bonds. The Labute approximate surface area is 175 Å². The molecular weight excluding hydrogens is 415 g/mol. The van der Waals surface area contributed by atoms with Gasteiger partial charge in [-0.2, -0.15) is 0 Å². The number of halogens is 3. The molecule has 1 aromatic carbocycles. The number of amides is 1. The van der Waals surface area contributed by atoms with Gasteiger partial charge in [-0.05, 0) is 25.1 Å². The number of carbonyl (C=O) groups is 1. The first-order valence-corrected chi connectivity index (χ1v) is 9.48. The number of nitrogens with zero attached hydrogens (tertiary/aromatic N) is 3. The molecule has 0 aliphatic carbocycles. The Kier molecular flexibility index (Phi) is 5.08. The zero-order valence-electron chi connectivity index (χ0n) is 16.7. The Balaban J connectivity index is 1.71. The molecule has 8 nitrogen and oxygen atoms in total. The van der Waals surface area contributed by atoms with Crippen molar-refractivity contribution in [3.8, 4) is 0 Å². The number of nitrogens with one attached hydrogen (secondary N) is 1. The van der Waals surface area contributed by atoms with Gasteiger partial charge in [0.1, 0.15) is 23.2 Å². The average molecular weight is 435 g/mol. The lowest BCUT2D eigenvalue weighted by Crippen LogP contribution is -2.48. The lowest BCUT2D eigenvalue weighted by atomic mass is 9.76. The number of amidine groups is 1. The Morgan fingerprint density at radius 1 is 1.32 bits per heavy atom. The number of carbonyl (C=O) groups excluding carboxylic acids is 1. The SMILES string of the molecule is Cc1cnc(C(=O)Nc2ccc(F)c([C@]34CO[C@H](C(C)(F)F)C3COC(N)=N4)c2)cn1.